The van der Waals surface area contributed by atoms with Crippen LogP contribution in [0.4, 0.5) is 4.39 Å². The van der Waals surface area contributed by atoms with Crippen LogP contribution in [0.3, 0.4) is 0 Å². The number of nitrogens with zero attached hydrogens (tertiary/aromatic N) is 3. The first-order chi connectivity index (χ1) is 16.2. The van der Waals surface area contributed by atoms with Crippen LogP contribution in [0.5, 0.6) is 5.75 Å². The lowest BCUT2D eigenvalue weighted by Crippen LogP contribution is -2.38. The average Bonchev–Trinajstić information content (AvgIpc) is 3.19. The van der Waals surface area contributed by atoms with Crippen molar-refractivity contribution < 1.29 is 19.0 Å². The second-order valence-corrected chi connectivity index (χ2v) is 9.66. The summed E-state index contributed by atoms with van der Waals surface area (Å²) in [6.45, 7) is 6.02. The summed E-state index contributed by atoms with van der Waals surface area (Å²) in [6.07, 6.45) is 2.03. The van der Waals surface area contributed by atoms with Gasteiger partial charge in [-0.05, 0) is 51.2 Å². The highest BCUT2D eigenvalue weighted by Crippen LogP contribution is 2.33. The normalized spacial score (nSPS) is 25.0. The molecule has 2 heterocycles. The first kappa shape index (κ1) is 24.5. The zero-order chi connectivity index (χ0) is 24.6. The average molecular weight is 489 g/mol. The third kappa shape index (κ3) is 4.93. The molecule has 7 nitrogen and oxygen atoms in total. The third-order valence-electron chi connectivity index (χ3n) is 6.88. The van der Waals surface area contributed by atoms with E-state index in [9.17, 15) is 14.3 Å². The number of hydrogen-bond acceptors (Lipinski definition) is 6. The van der Waals surface area contributed by atoms with Gasteiger partial charge in [-0.25, -0.2) is 14.4 Å². The van der Waals surface area contributed by atoms with E-state index in [-0.39, 0.29) is 30.3 Å². The van der Waals surface area contributed by atoms with E-state index in [0.717, 1.165) is 12.8 Å². The molecule has 0 bridgehead atoms. The van der Waals surface area contributed by atoms with Gasteiger partial charge in [-0.15, -0.1) is 0 Å². The topological polar surface area (TPSA) is 99.4 Å². The van der Waals surface area contributed by atoms with E-state index < -0.39 is 23.9 Å². The molecule has 0 radical (unpaired) electrons. The van der Waals surface area contributed by atoms with Crippen LogP contribution in [0.2, 0.25) is 5.02 Å². The van der Waals surface area contributed by atoms with Crippen LogP contribution < -0.4 is 4.74 Å². The van der Waals surface area contributed by atoms with E-state index in [0.29, 0.717) is 46.7 Å². The second-order valence-electron chi connectivity index (χ2n) is 9.28. The number of aliphatic hydroxyl groups is 1. The van der Waals surface area contributed by atoms with Gasteiger partial charge in [0.1, 0.15) is 23.5 Å². The number of likely N-dealkylation sites (tertiary alicyclic amines) is 1. The molecule has 1 saturated carbocycles. The maximum atomic E-state index is 14.1. The van der Waals surface area contributed by atoms with Gasteiger partial charge in [0.2, 0.25) is 0 Å². The highest BCUT2D eigenvalue weighted by Gasteiger charge is 2.36. The van der Waals surface area contributed by atoms with Gasteiger partial charge < -0.3 is 20.2 Å². The largest absolute Gasteiger partial charge is 0.487 e. The molecular weight excluding hydrogens is 459 g/mol. The van der Waals surface area contributed by atoms with Crippen LogP contribution in [0.15, 0.2) is 18.2 Å². The van der Waals surface area contributed by atoms with Crippen LogP contribution in [0.25, 0.3) is 0 Å². The molecule has 1 aromatic carbocycles. The second kappa shape index (κ2) is 9.96. The molecule has 2 N–H and O–H groups in total. The Morgan fingerprint density at radius 3 is 2.65 bits per heavy atom. The van der Waals surface area contributed by atoms with E-state index >= 15 is 0 Å². The molecule has 1 aliphatic heterocycles. The number of halogens is 2. The molecule has 34 heavy (non-hydrogen) atoms. The van der Waals surface area contributed by atoms with E-state index in [1.165, 1.54) is 23.1 Å². The Hall–Kier alpha value is -2.58. The van der Waals surface area contributed by atoms with Gasteiger partial charge in [-0.2, -0.15) is 0 Å². The lowest BCUT2D eigenvalue weighted by atomic mass is 9.84. The standard InChI is InChI=1S/C25H30ClFN4O3/c1-4-15-5-8-21(20(32)9-15)34-22-10-16(27)6-7-17(22)25(33)31-11-18(19(28)12-31)24-29-13(2)23(26)14(3)30-24/h6-7,10,15,18,20-21,28,32H,4-5,8-9,11-12H2,1-3H3. The van der Waals surface area contributed by atoms with E-state index in [2.05, 4.69) is 16.9 Å². The van der Waals surface area contributed by atoms with Gasteiger partial charge >= 0.3 is 0 Å². The number of nitrogens with one attached hydrogen (secondary N) is 1. The van der Waals surface area contributed by atoms with E-state index in [1.807, 2.05) is 0 Å². The number of benzene rings is 1. The van der Waals surface area contributed by atoms with Gasteiger partial charge in [0.05, 0.1) is 40.5 Å². The highest BCUT2D eigenvalue weighted by molar-refractivity contribution is 6.31. The van der Waals surface area contributed by atoms with Crippen molar-refractivity contribution in [3.05, 3.63) is 51.8 Å². The van der Waals surface area contributed by atoms with E-state index in [4.69, 9.17) is 21.7 Å². The van der Waals surface area contributed by atoms with Gasteiger partial charge in [0.25, 0.3) is 5.91 Å². The van der Waals surface area contributed by atoms with Crippen molar-refractivity contribution >= 4 is 23.2 Å². The van der Waals surface area contributed by atoms with Crippen molar-refractivity contribution in [1.29, 1.82) is 5.41 Å². The van der Waals surface area contributed by atoms with Crippen molar-refractivity contribution in [2.45, 2.75) is 64.6 Å². The van der Waals surface area contributed by atoms with Gasteiger partial charge in [0.15, 0.2) is 0 Å². The van der Waals surface area contributed by atoms with Crippen molar-refractivity contribution in [3.63, 3.8) is 0 Å². The molecule has 9 heteroatoms. The predicted octanol–water partition coefficient (Wildman–Crippen LogP) is 4.46. The number of aryl methyl sites for hydroxylation is 2. The molecule has 4 rings (SSSR count). The van der Waals surface area contributed by atoms with Crippen LogP contribution in [-0.2, 0) is 0 Å². The van der Waals surface area contributed by atoms with Crippen LogP contribution in [0.1, 0.15) is 66.1 Å². The molecule has 1 aliphatic carbocycles. The molecule has 2 fully saturated rings. The quantitative estimate of drug-likeness (QED) is 0.647. The molecule has 1 amide bonds. The number of carbonyl (C=O) groups is 1. The van der Waals surface area contributed by atoms with Crippen LogP contribution in [0, 0.1) is 31.0 Å². The summed E-state index contributed by atoms with van der Waals surface area (Å²) in [5, 5.41) is 19.5. The molecule has 4 unspecified atom stereocenters. The van der Waals surface area contributed by atoms with Crippen LogP contribution in [-0.4, -0.2) is 56.9 Å². The molecule has 1 saturated heterocycles. The molecule has 2 aromatic rings. The Balaban J connectivity index is 1.54. The lowest BCUT2D eigenvalue weighted by Gasteiger charge is -2.33. The predicted molar refractivity (Wildman–Crippen MR) is 127 cm³/mol. The first-order valence-electron chi connectivity index (χ1n) is 11.7. The summed E-state index contributed by atoms with van der Waals surface area (Å²) in [5.74, 6) is -0.287. The fourth-order valence-corrected chi connectivity index (χ4v) is 4.89. The smallest absolute Gasteiger partial charge is 0.257 e. The molecule has 1 aromatic heterocycles. The van der Waals surface area contributed by atoms with Crippen molar-refractivity contribution in [1.82, 2.24) is 14.9 Å². The highest BCUT2D eigenvalue weighted by atomic mass is 35.5. The molecule has 0 spiro atoms. The summed E-state index contributed by atoms with van der Waals surface area (Å²) in [4.78, 5) is 23.8. The third-order valence-corrected chi connectivity index (χ3v) is 7.42. The number of aromatic nitrogens is 2. The Labute approximate surface area is 203 Å². The molecule has 182 valence electrons. The van der Waals surface area contributed by atoms with E-state index in [1.54, 1.807) is 13.8 Å². The maximum absolute atomic E-state index is 14.1. The number of ether oxygens (including phenoxy) is 1. The zero-order valence-electron chi connectivity index (χ0n) is 19.6. The van der Waals surface area contributed by atoms with Crippen molar-refractivity contribution in [2.24, 2.45) is 5.92 Å². The minimum atomic E-state index is -0.664. The minimum absolute atomic E-state index is 0.119. The van der Waals surface area contributed by atoms with Gasteiger partial charge in [-0.3, -0.25) is 4.79 Å². The van der Waals surface area contributed by atoms with Crippen molar-refractivity contribution in [3.8, 4) is 5.75 Å². The zero-order valence-corrected chi connectivity index (χ0v) is 20.4. The molecule has 4 atom stereocenters. The fraction of sp³-hybridized carbons (Fsp3) is 0.520. The Kier molecular flexibility index (Phi) is 7.19. The molecular formula is C25H30ClFN4O3. The summed E-state index contributed by atoms with van der Waals surface area (Å²) in [6, 6.07) is 3.82. The van der Waals surface area contributed by atoms with Crippen molar-refractivity contribution in [2.75, 3.05) is 13.1 Å². The Morgan fingerprint density at radius 1 is 1.29 bits per heavy atom. The van der Waals surface area contributed by atoms with Gasteiger partial charge in [-0.1, -0.05) is 24.9 Å². The van der Waals surface area contributed by atoms with Crippen LogP contribution >= 0.6 is 11.6 Å². The number of carbonyl (C=O) groups excluding carboxylic acids is 1. The minimum Gasteiger partial charge on any atom is -0.487 e. The number of rotatable bonds is 5. The summed E-state index contributed by atoms with van der Waals surface area (Å²) in [5.41, 5.74) is 1.80. The number of amides is 1. The summed E-state index contributed by atoms with van der Waals surface area (Å²) in [7, 11) is 0. The fourth-order valence-electron chi connectivity index (χ4n) is 4.80. The maximum Gasteiger partial charge on any atom is 0.257 e. The molecule has 2 aliphatic rings. The lowest BCUT2D eigenvalue weighted by molar-refractivity contribution is -0.0119. The summed E-state index contributed by atoms with van der Waals surface area (Å²) >= 11 is 6.18. The first-order valence-corrected chi connectivity index (χ1v) is 12.1. The Bertz CT molecular complexity index is 1090. The van der Waals surface area contributed by atoms with Gasteiger partial charge in [0, 0.05) is 18.3 Å². The Morgan fingerprint density at radius 2 is 2.00 bits per heavy atom. The SMILES string of the molecule is CCC1CCC(Oc2cc(F)ccc2C(=O)N2CC(=N)C(c3nc(C)c(Cl)c(C)n3)C2)C(O)C1. The number of hydrogen-bond donors (Lipinski definition) is 2. The monoisotopic (exact) mass is 488 g/mol. The number of aliphatic hydroxyl groups excluding tert-OH is 1. The summed E-state index contributed by atoms with van der Waals surface area (Å²) < 4.78 is 20.1.